The Morgan fingerprint density at radius 3 is 2.19 bits per heavy atom. The summed E-state index contributed by atoms with van der Waals surface area (Å²) < 4.78 is 65.6. The molecule has 7 heterocycles. The Morgan fingerprint density at radius 2 is 1.53 bits per heavy atom. The molecule has 0 aromatic carbocycles. The van der Waals surface area contributed by atoms with E-state index in [1.165, 1.54) is 34.4 Å². The Balaban J connectivity index is 1.17. The molecule has 23 heteroatoms. The fourth-order valence-corrected chi connectivity index (χ4v) is 7.36. The van der Waals surface area contributed by atoms with E-state index in [-0.39, 0.29) is 34.0 Å². The number of hydrogen-bond donors (Lipinski definition) is 5. The van der Waals surface area contributed by atoms with Crippen molar-refractivity contribution in [3.63, 3.8) is 0 Å². The summed E-state index contributed by atoms with van der Waals surface area (Å²) in [5.74, 6) is 0.192. The third-order valence-electron chi connectivity index (χ3n) is 7.12. The smallest absolute Gasteiger partial charge is 0.387 e. The van der Waals surface area contributed by atoms with Crippen LogP contribution in [-0.4, -0.2) is 98.9 Å². The fraction of sp³-hybridized carbons (Fsp3) is 0.500. The monoisotopic (exact) mass is 660 g/mol. The van der Waals surface area contributed by atoms with E-state index in [1.54, 1.807) is 0 Å². The van der Waals surface area contributed by atoms with Crippen LogP contribution in [0.2, 0.25) is 0 Å². The molecule has 4 aromatic heterocycles. The molecule has 3 fully saturated rings. The van der Waals surface area contributed by atoms with Crippen LogP contribution < -0.4 is 11.5 Å². The number of nitrogens with zero attached hydrogens (tertiary/aromatic N) is 8. The molecule has 10 unspecified atom stereocenters. The highest BCUT2D eigenvalue weighted by Crippen LogP contribution is 2.53. The van der Waals surface area contributed by atoms with Crippen LogP contribution in [0.1, 0.15) is 12.5 Å². The summed E-state index contributed by atoms with van der Waals surface area (Å²) in [5, 5.41) is 11.1. The Kier molecular flexibility index (Phi) is 7.46. The van der Waals surface area contributed by atoms with Crippen LogP contribution in [0.3, 0.4) is 0 Å². The third kappa shape index (κ3) is 5.13. The van der Waals surface area contributed by atoms with Crippen LogP contribution in [-0.2, 0) is 32.1 Å². The summed E-state index contributed by atoms with van der Waals surface area (Å²) in [5.41, 5.74) is 12.7. The lowest BCUT2D eigenvalue weighted by Gasteiger charge is -2.25. The van der Waals surface area contributed by atoms with Crippen LogP contribution in [0.15, 0.2) is 25.3 Å². The van der Waals surface area contributed by atoms with E-state index < -0.39 is 77.8 Å². The van der Waals surface area contributed by atoms with Crippen LogP contribution in [0, 0.1) is 0 Å². The number of nitrogens with two attached hydrogens (primary N) is 2. The maximum Gasteiger partial charge on any atom is 0.472 e. The van der Waals surface area contributed by atoms with Gasteiger partial charge in [0.15, 0.2) is 41.6 Å². The summed E-state index contributed by atoms with van der Waals surface area (Å²) in [6.07, 6.45) is -6.09. The van der Waals surface area contributed by atoms with Gasteiger partial charge in [-0.3, -0.25) is 18.2 Å². The first-order valence-electron chi connectivity index (χ1n) is 12.5. The van der Waals surface area contributed by atoms with Crippen molar-refractivity contribution in [1.82, 2.24) is 39.0 Å². The van der Waals surface area contributed by atoms with E-state index in [9.17, 15) is 14.6 Å². The highest BCUT2D eigenvalue weighted by molar-refractivity contribution is 8.41. The highest BCUT2D eigenvalue weighted by Gasteiger charge is 2.53. The average molecular weight is 660 g/mol. The van der Waals surface area contributed by atoms with E-state index >= 15 is 4.39 Å². The van der Waals surface area contributed by atoms with Gasteiger partial charge in [-0.25, -0.2) is 38.9 Å². The van der Waals surface area contributed by atoms with Crippen molar-refractivity contribution in [1.29, 1.82) is 0 Å². The first-order chi connectivity index (χ1) is 20.6. The van der Waals surface area contributed by atoms with Crippen molar-refractivity contribution in [3.05, 3.63) is 25.3 Å². The highest BCUT2D eigenvalue weighted by atomic mass is 32.7. The zero-order valence-corrected chi connectivity index (χ0v) is 24.2. The number of rotatable bonds is 2. The van der Waals surface area contributed by atoms with E-state index in [0.717, 1.165) is 0 Å². The number of fused-ring (bicyclic) bond motifs is 5. The van der Waals surface area contributed by atoms with Gasteiger partial charge in [-0.2, -0.15) is 0 Å². The van der Waals surface area contributed by atoms with Crippen molar-refractivity contribution in [2.45, 2.75) is 49.1 Å². The van der Waals surface area contributed by atoms with Crippen LogP contribution in [0.25, 0.3) is 22.3 Å². The molecule has 0 radical (unpaired) electrons. The molecule has 43 heavy (non-hydrogen) atoms. The molecular formula is C20H23FN10O9P2S. The zero-order chi connectivity index (χ0) is 30.0. The largest absolute Gasteiger partial charge is 0.472 e. The van der Waals surface area contributed by atoms with Gasteiger partial charge in [-0.15, -0.1) is 0 Å². The quantitative estimate of drug-likeness (QED) is 0.144. The SMILES string of the molecule is Nc1ncnc2c1ncn2C1OC2COP(S)OC3C(O)C(COP(=O)(O)OC2C1F)OC3n1cnc2c(N)ncnc21. The number of hydrogen-bond acceptors (Lipinski definition) is 17. The minimum Gasteiger partial charge on any atom is -0.387 e. The topological polar surface area (TPSA) is 252 Å². The number of thiol groups is 1. The van der Waals surface area contributed by atoms with Crippen LogP contribution in [0.4, 0.5) is 16.0 Å². The van der Waals surface area contributed by atoms with Gasteiger partial charge >= 0.3 is 7.82 Å². The molecule has 4 aromatic rings. The molecule has 3 aliphatic heterocycles. The van der Waals surface area contributed by atoms with Crippen LogP contribution >= 0.6 is 27.6 Å². The standard InChI is InChI=1S/C20H23FN10O9P2S/c21-9-13-8(38-19(9)30-5-28-10-15(22)24-3-26-17(10)30)1-35-41(43)39-14-12(32)7(2-36-42(33,34)40-13)37-20(14)31-6-29-11-16(23)25-4-27-18(11)31/h3-9,12-14,19-20,32,43H,1-2H2,(H,33,34)(H2,22,24,26)(H2,23,25,27). The predicted octanol–water partition coefficient (Wildman–Crippen LogP) is 0.399. The number of halogens is 1. The third-order valence-corrected chi connectivity index (χ3v) is 9.53. The predicted molar refractivity (Wildman–Crippen MR) is 146 cm³/mol. The van der Waals surface area contributed by atoms with Gasteiger partial charge in [-0.05, 0) is 0 Å². The average Bonchev–Trinajstić information content (AvgIpc) is 3.73. The van der Waals surface area contributed by atoms with Crippen molar-refractivity contribution >= 4 is 61.6 Å². The molecule has 6 N–H and O–H groups in total. The molecule has 10 atom stereocenters. The second-order valence-corrected chi connectivity index (χ2v) is 13.0. The van der Waals surface area contributed by atoms with Gasteiger partial charge in [0.2, 0.25) is 7.58 Å². The molecule has 230 valence electrons. The lowest BCUT2D eigenvalue weighted by molar-refractivity contribution is -0.0600. The fourth-order valence-electron chi connectivity index (χ4n) is 5.11. The molecule has 2 bridgehead atoms. The number of aliphatic hydroxyl groups excluding tert-OH is 1. The van der Waals surface area contributed by atoms with Crippen molar-refractivity contribution in [2.75, 3.05) is 24.7 Å². The Bertz CT molecular complexity index is 1720. The summed E-state index contributed by atoms with van der Waals surface area (Å²) in [7, 11) is -7.03. The van der Waals surface area contributed by atoms with Crippen molar-refractivity contribution < 1.29 is 46.5 Å². The zero-order valence-electron chi connectivity index (χ0n) is 21.5. The summed E-state index contributed by atoms with van der Waals surface area (Å²) in [6, 6.07) is 0. The number of aliphatic hydroxyl groups is 1. The number of imidazole rings is 2. The minimum atomic E-state index is -4.97. The molecule has 0 amide bonds. The number of anilines is 2. The van der Waals surface area contributed by atoms with Gasteiger partial charge in [0.05, 0.1) is 25.9 Å². The number of phosphoric ester groups is 1. The Hall–Kier alpha value is -2.68. The summed E-state index contributed by atoms with van der Waals surface area (Å²) in [6.45, 7) is -1.03. The second-order valence-electron chi connectivity index (χ2n) is 9.67. The molecule has 0 saturated carbocycles. The number of aromatic nitrogens is 8. The maximum absolute atomic E-state index is 15.9. The first-order valence-corrected chi connectivity index (χ1v) is 16.4. The summed E-state index contributed by atoms with van der Waals surface area (Å²) >= 11 is 4.39. The van der Waals surface area contributed by atoms with Gasteiger partial charge in [0.25, 0.3) is 0 Å². The minimum absolute atomic E-state index is 0.0716. The number of nitrogen functional groups attached to an aromatic ring is 2. The maximum atomic E-state index is 15.9. The van der Waals surface area contributed by atoms with E-state index in [2.05, 4.69) is 42.2 Å². The van der Waals surface area contributed by atoms with E-state index in [0.29, 0.717) is 0 Å². The van der Waals surface area contributed by atoms with Crippen molar-refractivity contribution in [3.8, 4) is 0 Å². The lowest BCUT2D eigenvalue weighted by Crippen LogP contribution is -2.35. The van der Waals surface area contributed by atoms with E-state index in [4.69, 9.17) is 39.0 Å². The molecular weight excluding hydrogens is 637 g/mol. The second kappa shape index (κ2) is 11.0. The lowest BCUT2D eigenvalue weighted by atomic mass is 10.1. The number of ether oxygens (including phenoxy) is 2. The van der Waals surface area contributed by atoms with Gasteiger partial charge < -0.3 is 40.0 Å². The Morgan fingerprint density at radius 1 is 0.930 bits per heavy atom. The molecule has 3 aliphatic rings. The van der Waals surface area contributed by atoms with Gasteiger partial charge in [-0.1, -0.05) is 12.2 Å². The Labute approximate surface area is 246 Å². The van der Waals surface area contributed by atoms with Crippen LogP contribution in [0.5, 0.6) is 0 Å². The molecule has 19 nitrogen and oxygen atoms in total. The van der Waals surface area contributed by atoms with Crippen molar-refractivity contribution in [2.24, 2.45) is 0 Å². The normalized spacial score (nSPS) is 37.2. The molecule has 7 rings (SSSR count). The molecule has 0 spiro atoms. The van der Waals surface area contributed by atoms with E-state index in [1.807, 2.05) is 0 Å². The number of alkyl halides is 1. The first kappa shape index (κ1) is 29.1. The molecule has 3 saturated heterocycles. The van der Waals surface area contributed by atoms with Gasteiger partial charge in [0.1, 0.15) is 54.2 Å². The number of phosphoric acid groups is 1. The molecule has 0 aliphatic carbocycles. The van der Waals surface area contributed by atoms with Gasteiger partial charge in [0, 0.05) is 0 Å². The summed E-state index contributed by atoms with van der Waals surface area (Å²) in [4.78, 5) is 34.9.